The van der Waals surface area contributed by atoms with Crippen LogP contribution in [-0.4, -0.2) is 40.0 Å². The Labute approximate surface area is 158 Å². The van der Waals surface area contributed by atoms with Crippen LogP contribution in [0.15, 0.2) is 0 Å². The number of rotatable bonds is 4. The molecule has 5 nitrogen and oxygen atoms in total. The van der Waals surface area contributed by atoms with Gasteiger partial charge >= 0.3 is 0 Å². The Morgan fingerprint density at radius 2 is 1.96 bits per heavy atom. The van der Waals surface area contributed by atoms with Gasteiger partial charge in [-0.1, -0.05) is 0 Å². The molecule has 0 amide bonds. The van der Waals surface area contributed by atoms with E-state index >= 15 is 0 Å². The summed E-state index contributed by atoms with van der Waals surface area (Å²) < 4.78 is 0. The van der Waals surface area contributed by atoms with E-state index in [-0.39, 0.29) is 12.4 Å². The highest BCUT2D eigenvalue weighted by Crippen LogP contribution is 2.38. The van der Waals surface area contributed by atoms with Gasteiger partial charge in [0.05, 0.1) is 11.9 Å². The molecule has 3 aliphatic rings. The van der Waals surface area contributed by atoms with Gasteiger partial charge in [-0.2, -0.15) is 0 Å². The van der Waals surface area contributed by atoms with Gasteiger partial charge in [0.25, 0.3) is 0 Å². The van der Waals surface area contributed by atoms with Crippen LogP contribution >= 0.6 is 23.7 Å². The van der Waals surface area contributed by atoms with Gasteiger partial charge in [-0.05, 0) is 57.1 Å². The Bertz CT molecular complexity index is 766. The summed E-state index contributed by atoms with van der Waals surface area (Å²) in [7, 11) is 0. The van der Waals surface area contributed by atoms with Crippen LogP contribution in [0.2, 0.25) is 0 Å². The van der Waals surface area contributed by atoms with Gasteiger partial charge in [0, 0.05) is 23.5 Å². The van der Waals surface area contributed by atoms with Crippen molar-refractivity contribution in [3.05, 3.63) is 16.3 Å². The maximum atomic E-state index is 6.37. The van der Waals surface area contributed by atoms with Crippen LogP contribution in [0.5, 0.6) is 0 Å². The fourth-order valence-corrected chi connectivity index (χ4v) is 5.64. The van der Waals surface area contributed by atoms with Crippen LogP contribution in [0.3, 0.4) is 0 Å². The molecule has 0 aromatic carbocycles. The van der Waals surface area contributed by atoms with Crippen molar-refractivity contribution in [2.24, 2.45) is 0 Å². The van der Waals surface area contributed by atoms with Crippen molar-refractivity contribution >= 4 is 39.8 Å². The van der Waals surface area contributed by atoms with Gasteiger partial charge < -0.3 is 11.1 Å². The van der Waals surface area contributed by atoms with Gasteiger partial charge in [-0.15, -0.1) is 23.7 Å². The maximum Gasteiger partial charge on any atom is 0.146 e. The highest BCUT2D eigenvalue weighted by molar-refractivity contribution is 7.19. The molecule has 2 aliphatic carbocycles. The Hall–Kier alpha value is -0.950. The largest absolute Gasteiger partial charge is 0.383 e. The smallest absolute Gasteiger partial charge is 0.146 e. The second kappa shape index (κ2) is 6.99. The lowest BCUT2D eigenvalue weighted by Gasteiger charge is -2.27. The van der Waals surface area contributed by atoms with Gasteiger partial charge in [0.15, 0.2) is 0 Å². The Morgan fingerprint density at radius 1 is 1.12 bits per heavy atom. The first-order chi connectivity index (χ1) is 11.8. The summed E-state index contributed by atoms with van der Waals surface area (Å²) in [4.78, 5) is 14.9. The van der Waals surface area contributed by atoms with Crippen LogP contribution in [-0.2, 0) is 19.4 Å². The molecule has 2 aromatic rings. The van der Waals surface area contributed by atoms with Gasteiger partial charge in [0.1, 0.15) is 16.5 Å². The van der Waals surface area contributed by atoms with Crippen LogP contribution < -0.4 is 11.1 Å². The predicted octanol–water partition coefficient (Wildman–Crippen LogP) is 2.90. The molecule has 3 N–H and O–H groups in total. The number of hydrogen-bond acceptors (Lipinski definition) is 6. The van der Waals surface area contributed by atoms with E-state index in [0.29, 0.717) is 11.9 Å². The molecular formula is C18H26ClN5S. The Kier molecular flexibility index (Phi) is 4.88. The third-order valence-corrected chi connectivity index (χ3v) is 6.92. The first-order valence-electron chi connectivity index (χ1n) is 9.32. The number of anilines is 1. The van der Waals surface area contributed by atoms with Crippen molar-refractivity contribution in [3.63, 3.8) is 0 Å². The normalized spacial score (nSPS) is 23.0. The number of nitrogen functional groups attached to an aromatic ring is 1. The monoisotopic (exact) mass is 379 g/mol. The fraction of sp³-hybridized carbons (Fsp3) is 0.667. The van der Waals surface area contributed by atoms with Crippen molar-refractivity contribution in [2.45, 2.75) is 63.6 Å². The zero-order chi connectivity index (χ0) is 16.1. The maximum absolute atomic E-state index is 6.37. The van der Waals surface area contributed by atoms with E-state index in [1.807, 2.05) is 11.3 Å². The fourth-order valence-electron chi connectivity index (χ4n) is 4.35. The summed E-state index contributed by atoms with van der Waals surface area (Å²) in [6.07, 6.45) is 8.77. The number of fused-ring (bicyclic) bond motifs is 3. The second-order valence-electron chi connectivity index (χ2n) is 7.47. The highest BCUT2D eigenvalue weighted by atomic mass is 35.5. The minimum absolute atomic E-state index is 0. The van der Waals surface area contributed by atoms with E-state index in [4.69, 9.17) is 15.7 Å². The molecule has 0 spiro atoms. The number of nitrogens with zero attached hydrogens (tertiary/aromatic N) is 3. The van der Waals surface area contributed by atoms with Crippen molar-refractivity contribution in [3.8, 4) is 0 Å². The van der Waals surface area contributed by atoms with E-state index in [1.54, 1.807) is 0 Å². The Morgan fingerprint density at radius 3 is 2.72 bits per heavy atom. The minimum Gasteiger partial charge on any atom is -0.383 e. The standard InChI is InChI=1S/C18H25N5S.ClH/c19-17-16-13-3-1-2-4-14(13)24-18(16)22-15(21-17)10-23(11-5-6-11)12-7-8-20-9-12;/h11-12,20H,1-10H2,(H2,19,21,22);1H. The first kappa shape index (κ1) is 17.5. The highest BCUT2D eigenvalue weighted by Gasteiger charge is 2.35. The summed E-state index contributed by atoms with van der Waals surface area (Å²) in [5.74, 6) is 1.62. The molecule has 1 saturated heterocycles. The number of thiophene rings is 1. The predicted molar refractivity (Wildman–Crippen MR) is 106 cm³/mol. The van der Waals surface area contributed by atoms with Crippen molar-refractivity contribution in [1.82, 2.24) is 20.2 Å². The molecule has 0 radical (unpaired) electrons. The number of hydrogen-bond donors (Lipinski definition) is 2. The number of nitrogens with two attached hydrogens (primary N) is 1. The molecule has 1 saturated carbocycles. The molecule has 1 unspecified atom stereocenters. The Balaban J connectivity index is 0.00000157. The lowest BCUT2D eigenvalue weighted by molar-refractivity contribution is 0.184. The van der Waals surface area contributed by atoms with Gasteiger partial charge in [0.2, 0.25) is 0 Å². The lowest BCUT2D eigenvalue weighted by atomic mass is 9.97. The molecule has 7 heteroatoms. The van der Waals surface area contributed by atoms with Crippen LogP contribution in [0, 0.1) is 0 Å². The number of aryl methyl sites for hydroxylation is 2. The first-order valence-corrected chi connectivity index (χ1v) is 10.1. The zero-order valence-electron chi connectivity index (χ0n) is 14.5. The van der Waals surface area contributed by atoms with Gasteiger partial charge in [-0.3, -0.25) is 4.90 Å². The van der Waals surface area contributed by atoms with Crippen molar-refractivity contribution < 1.29 is 0 Å². The van der Waals surface area contributed by atoms with Gasteiger partial charge in [-0.25, -0.2) is 9.97 Å². The quantitative estimate of drug-likeness (QED) is 0.854. The van der Waals surface area contributed by atoms with Crippen LogP contribution in [0.1, 0.15) is 48.4 Å². The molecular weight excluding hydrogens is 354 g/mol. The zero-order valence-corrected chi connectivity index (χ0v) is 16.1. The average Bonchev–Trinajstić information content (AvgIpc) is 3.13. The molecule has 0 bridgehead atoms. The van der Waals surface area contributed by atoms with Crippen molar-refractivity contribution in [1.29, 1.82) is 0 Å². The molecule has 5 rings (SSSR count). The lowest BCUT2D eigenvalue weighted by Crippen LogP contribution is -2.38. The van der Waals surface area contributed by atoms with E-state index in [2.05, 4.69) is 10.2 Å². The topological polar surface area (TPSA) is 67.1 Å². The summed E-state index contributed by atoms with van der Waals surface area (Å²) in [5, 5.41) is 4.64. The summed E-state index contributed by atoms with van der Waals surface area (Å²) >= 11 is 1.85. The van der Waals surface area contributed by atoms with E-state index in [9.17, 15) is 0 Å². The van der Waals surface area contributed by atoms with Crippen LogP contribution in [0.4, 0.5) is 5.82 Å². The summed E-state index contributed by atoms with van der Waals surface area (Å²) in [6, 6.07) is 1.36. The minimum atomic E-state index is 0. The van der Waals surface area contributed by atoms with Crippen molar-refractivity contribution in [2.75, 3.05) is 18.8 Å². The van der Waals surface area contributed by atoms with E-state index in [1.165, 1.54) is 49.0 Å². The summed E-state index contributed by atoms with van der Waals surface area (Å²) in [6.45, 7) is 3.08. The van der Waals surface area contributed by atoms with E-state index < -0.39 is 0 Å². The van der Waals surface area contributed by atoms with E-state index in [0.717, 1.165) is 48.1 Å². The summed E-state index contributed by atoms with van der Waals surface area (Å²) in [5.41, 5.74) is 7.81. The third kappa shape index (κ3) is 3.25. The molecule has 1 aliphatic heterocycles. The number of nitrogens with one attached hydrogen (secondary N) is 1. The third-order valence-electron chi connectivity index (χ3n) is 5.73. The number of halogens is 1. The molecule has 3 heterocycles. The second-order valence-corrected chi connectivity index (χ2v) is 8.55. The number of aromatic nitrogens is 2. The average molecular weight is 380 g/mol. The SMILES string of the molecule is Cl.Nc1nc(CN(C2CC2)C2CCNC2)nc2sc3c(c12)CCCC3. The molecule has 25 heavy (non-hydrogen) atoms. The van der Waals surface area contributed by atoms with Crippen LogP contribution in [0.25, 0.3) is 10.2 Å². The molecule has 136 valence electrons. The molecule has 2 aromatic heterocycles. The molecule has 1 atom stereocenters. The molecule has 2 fully saturated rings.